The Labute approximate surface area is 79.5 Å². The van der Waals surface area contributed by atoms with Crippen LogP contribution >= 0.6 is 11.5 Å². The van der Waals surface area contributed by atoms with Crippen molar-refractivity contribution in [2.24, 2.45) is 0 Å². The molecule has 1 atom stereocenters. The van der Waals surface area contributed by atoms with Gasteiger partial charge in [-0.05, 0) is 18.0 Å². The molecule has 1 N–H and O–H groups in total. The van der Waals surface area contributed by atoms with E-state index in [0.29, 0.717) is 11.3 Å². The van der Waals surface area contributed by atoms with Gasteiger partial charge in [0, 0.05) is 0 Å². The highest BCUT2D eigenvalue weighted by Gasteiger charge is 2.12. The van der Waals surface area contributed by atoms with Crippen LogP contribution in [-0.2, 0) is 0 Å². The Kier molecular flexibility index (Phi) is 3.34. The first-order chi connectivity index (χ1) is 6.27. The molecule has 0 saturated carbocycles. The van der Waals surface area contributed by atoms with Crippen molar-refractivity contribution >= 4 is 17.4 Å². The van der Waals surface area contributed by atoms with Crippen molar-refractivity contribution in [3.63, 3.8) is 0 Å². The molecule has 1 unspecified atom stereocenters. The van der Waals surface area contributed by atoms with Crippen LogP contribution in [0.2, 0.25) is 0 Å². The number of carbonyl (C=O) groups excluding carboxylic acids is 1. The van der Waals surface area contributed by atoms with Crippen LogP contribution in [0.4, 0.5) is 0 Å². The molecule has 0 aromatic carbocycles. The molecule has 0 fully saturated rings. The molecule has 1 aromatic rings. The van der Waals surface area contributed by atoms with Crippen molar-refractivity contribution < 1.29 is 4.79 Å². The summed E-state index contributed by atoms with van der Waals surface area (Å²) in [6.07, 6.45) is 1.97. The number of amides is 1. The summed E-state index contributed by atoms with van der Waals surface area (Å²) in [6.45, 7) is 1.83. The zero-order valence-electron chi connectivity index (χ0n) is 7.02. The maximum absolute atomic E-state index is 11.3. The molecule has 0 spiro atoms. The normalized spacial score (nSPS) is 11.7. The summed E-state index contributed by atoms with van der Waals surface area (Å²) in [5.74, 6) is -0.289. The Morgan fingerprint density at radius 1 is 1.92 bits per heavy atom. The maximum Gasteiger partial charge on any atom is 0.265 e. The molecule has 13 heavy (non-hydrogen) atoms. The number of hydrogen-bond acceptors (Lipinski definition) is 5. The topological polar surface area (TPSA) is 78.7 Å². The van der Waals surface area contributed by atoms with E-state index in [0.717, 1.165) is 11.5 Å². The number of aromatic nitrogens is 2. The number of hydrogen-bond donors (Lipinski definition) is 1. The highest BCUT2D eigenvalue weighted by atomic mass is 32.1. The van der Waals surface area contributed by atoms with Gasteiger partial charge in [-0.1, -0.05) is 11.4 Å². The maximum atomic E-state index is 11.3. The van der Waals surface area contributed by atoms with Crippen LogP contribution in [0.5, 0.6) is 0 Å². The lowest BCUT2D eigenvalue weighted by atomic mass is 10.2. The number of nitrogens with one attached hydrogen (secondary N) is 1. The molecule has 0 aliphatic carbocycles. The van der Waals surface area contributed by atoms with Crippen molar-refractivity contribution in [2.75, 3.05) is 0 Å². The highest BCUT2D eigenvalue weighted by Crippen LogP contribution is 2.02. The first-order valence-electron chi connectivity index (χ1n) is 3.75. The minimum Gasteiger partial charge on any atom is -0.335 e. The van der Waals surface area contributed by atoms with Crippen LogP contribution < -0.4 is 5.32 Å². The summed E-state index contributed by atoms with van der Waals surface area (Å²) in [5.41, 5.74) is 0. The van der Waals surface area contributed by atoms with Gasteiger partial charge in [-0.3, -0.25) is 4.79 Å². The van der Waals surface area contributed by atoms with Gasteiger partial charge in [0.1, 0.15) is 10.9 Å². The third-order valence-electron chi connectivity index (χ3n) is 1.45. The average molecular weight is 196 g/mol. The van der Waals surface area contributed by atoms with E-state index in [-0.39, 0.29) is 5.91 Å². The molecule has 68 valence electrons. The number of nitrogens with zero attached hydrogens (tertiary/aromatic N) is 3. The molecule has 6 heteroatoms. The summed E-state index contributed by atoms with van der Waals surface area (Å²) in [5, 5.41) is 14.7. The van der Waals surface area contributed by atoms with Gasteiger partial charge in [0.05, 0.1) is 12.3 Å². The Balaban J connectivity index is 2.57. The van der Waals surface area contributed by atoms with Crippen LogP contribution in [0, 0.1) is 11.3 Å². The van der Waals surface area contributed by atoms with E-state index in [1.807, 2.05) is 13.0 Å². The lowest BCUT2D eigenvalue weighted by Gasteiger charge is -2.06. The molecule has 1 rings (SSSR count). The van der Waals surface area contributed by atoms with Gasteiger partial charge in [0.2, 0.25) is 0 Å². The number of nitriles is 1. The minimum atomic E-state index is -0.436. The Bertz CT molecular complexity index is 316. The Hall–Kier alpha value is -1.48. The second kappa shape index (κ2) is 4.52. The van der Waals surface area contributed by atoms with Crippen molar-refractivity contribution in [1.29, 1.82) is 5.26 Å². The standard InChI is InChI=1S/C7H8N4OS/c1-2-5(3-8)10-7(12)6-4-9-11-13-6/h4-5H,2H2,1H3,(H,10,12). The van der Waals surface area contributed by atoms with Crippen molar-refractivity contribution in [1.82, 2.24) is 14.9 Å². The van der Waals surface area contributed by atoms with E-state index in [4.69, 9.17) is 5.26 Å². The summed E-state index contributed by atoms with van der Waals surface area (Å²) >= 11 is 1.01. The van der Waals surface area contributed by atoms with Crippen LogP contribution in [0.15, 0.2) is 6.20 Å². The Morgan fingerprint density at radius 2 is 2.69 bits per heavy atom. The van der Waals surface area contributed by atoms with Gasteiger partial charge in [-0.15, -0.1) is 5.10 Å². The smallest absolute Gasteiger partial charge is 0.265 e. The Morgan fingerprint density at radius 3 is 3.15 bits per heavy atom. The average Bonchev–Trinajstić information content (AvgIpc) is 2.66. The van der Waals surface area contributed by atoms with Crippen LogP contribution in [0.1, 0.15) is 23.0 Å². The van der Waals surface area contributed by atoms with Gasteiger partial charge in [-0.25, -0.2) is 0 Å². The van der Waals surface area contributed by atoms with Gasteiger partial charge in [0.25, 0.3) is 5.91 Å². The summed E-state index contributed by atoms with van der Waals surface area (Å²) < 4.78 is 3.55. The first-order valence-corrected chi connectivity index (χ1v) is 4.53. The zero-order chi connectivity index (χ0) is 9.68. The molecule has 1 heterocycles. The van der Waals surface area contributed by atoms with Crippen LogP contribution in [0.3, 0.4) is 0 Å². The second-order valence-corrected chi connectivity index (χ2v) is 3.13. The summed E-state index contributed by atoms with van der Waals surface area (Å²) in [6, 6.07) is 1.54. The lowest BCUT2D eigenvalue weighted by molar-refractivity contribution is 0.0948. The third-order valence-corrected chi connectivity index (χ3v) is 2.12. The van der Waals surface area contributed by atoms with Crippen molar-refractivity contribution in [3.8, 4) is 6.07 Å². The molecular formula is C7H8N4OS. The predicted octanol–water partition coefficient (Wildman–Crippen LogP) is 0.570. The summed E-state index contributed by atoms with van der Waals surface area (Å²) in [7, 11) is 0. The van der Waals surface area contributed by atoms with Crippen LogP contribution in [-0.4, -0.2) is 21.5 Å². The van der Waals surface area contributed by atoms with E-state index in [9.17, 15) is 4.79 Å². The molecule has 5 nitrogen and oxygen atoms in total. The number of rotatable bonds is 3. The fourth-order valence-corrected chi connectivity index (χ4v) is 1.14. The lowest BCUT2D eigenvalue weighted by Crippen LogP contribution is -2.32. The van der Waals surface area contributed by atoms with Crippen molar-refractivity contribution in [3.05, 3.63) is 11.1 Å². The molecule has 0 bridgehead atoms. The van der Waals surface area contributed by atoms with E-state index >= 15 is 0 Å². The molecular weight excluding hydrogens is 188 g/mol. The first kappa shape index (κ1) is 9.61. The molecule has 0 aliphatic heterocycles. The zero-order valence-corrected chi connectivity index (χ0v) is 7.84. The second-order valence-electron chi connectivity index (χ2n) is 2.35. The quantitative estimate of drug-likeness (QED) is 0.766. The monoisotopic (exact) mass is 196 g/mol. The van der Waals surface area contributed by atoms with E-state index in [2.05, 4.69) is 14.9 Å². The van der Waals surface area contributed by atoms with Crippen molar-refractivity contribution in [2.45, 2.75) is 19.4 Å². The van der Waals surface area contributed by atoms with E-state index in [1.165, 1.54) is 6.20 Å². The minimum absolute atomic E-state index is 0.289. The SMILES string of the molecule is CCC(C#N)NC(=O)c1cnns1. The fraction of sp³-hybridized carbons (Fsp3) is 0.429. The molecule has 1 amide bonds. The molecule has 0 aliphatic rings. The van der Waals surface area contributed by atoms with Gasteiger partial charge in [-0.2, -0.15) is 5.26 Å². The van der Waals surface area contributed by atoms with Gasteiger partial charge < -0.3 is 5.32 Å². The van der Waals surface area contributed by atoms with E-state index < -0.39 is 6.04 Å². The van der Waals surface area contributed by atoms with Gasteiger partial charge in [0.15, 0.2) is 0 Å². The summed E-state index contributed by atoms with van der Waals surface area (Å²) in [4.78, 5) is 11.7. The highest BCUT2D eigenvalue weighted by molar-refractivity contribution is 7.07. The number of carbonyl (C=O) groups is 1. The fourth-order valence-electron chi connectivity index (χ4n) is 0.722. The predicted molar refractivity (Wildman–Crippen MR) is 47.1 cm³/mol. The molecule has 0 saturated heterocycles. The molecule has 0 radical (unpaired) electrons. The van der Waals surface area contributed by atoms with Gasteiger partial charge >= 0.3 is 0 Å². The molecule has 1 aromatic heterocycles. The van der Waals surface area contributed by atoms with Crippen LogP contribution in [0.25, 0.3) is 0 Å². The van der Waals surface area contributed by atoms with E-state index in [1.54, 1.807) is 0 Å². The third kappa shape index (κ3) is 2.49. The largest absolute Gasteiger partial charge is 0.335 e.